The number of hydrogen-bond donors (Lipinski definition) is 2. The van der Waals surface area contributed by atoms with Crippen LogP contribution in [0.1, 0.15) is 52.4 Å². The molecule has 1 aliphatic carbocycles. The monoisotopic (exact) mass is 615 g/mol. The summed E-state index contributed by atoms with van der Waals surface area (Å²) in [5.41, 5.74) is -0.825. The molecule has 4 aromatic rings. The van der Waals surface area contributed by atoms with Crippen LogP contribution in [-0.2, 0) is 30.4 Å². The molecule has 2 N–H and O–H groups in total. The molecule has 0 spiro atoms. The minimum atomic E-state index is -1.68. The topological polar surface area (TPSA) is 125 Å². The predicted octanol–water partition coefficient (Wildman–Crippen LogP) is 4.74. The van der Waals surface area contributed by atoms with Gasteiger partial charge in [0.05, 0.1) is 18.8 Å². The highest BCUT2D eigenvalue weighted by Crippen LogP contribution is 2.51. The maximum atomic E-state index is 16.5. The Balaban J connectivity index is 1.49. The summed E-state index contributed by atoms with van der Waals surface area (Å²) in [6, 6.07) is 16.8. The molecule has 226 valence electrons. The average Bonchev–Trinajstić information content (AvgIpc) is 3.63. The van der Waals surface area contributed by atoms with Gasteiger partial charge in [0, 0.05) is 59.5 Å². The lowest BCUT2D eigenvalue weighted by Gasteiger charge is -2.42. The van der Waals surface area contributed by atoms with E-state index in [-0.39, 0.29) is 48.4 Å². The van der Waals surface area contributed by atoms with Crippen molar-refractivity contribution in [2.24, 2.45) is 12.5 Å². The van der Waals surface area contributed by atoms with Crippen molar-refractivity contribution in [2.75, 3.05) is 13.2 Å². The third kappa shape index (κ3) is 5.37. The first-order chi connectivity index (χ1) is 21.2. The number of nitrogens with zero attached hydrogens (tertiary/aromatic N) is 5. The number of ether oxygens (including phenoxy) is 1. The molecule has 3 heterocycles. The van der Waals surface area contributed by atoms with E-state index in [1.807, 2.05) is 17.7 Å². The van der Waals surface area contributed by atoms with E-state index in [0.717, 1.165) is 12.8 Å². The van der Waals surface area contributed by atoms with E-state index < -0.39 is 29.1 Å². The van der Waals surface area contributed by atoms with Crippen LogP contribution in [0.5, 0.6) is 0 Å². The Bertz CT molecular complexity index is 1750. The number of nitriles is 1. The van der Waals surface area contributed by atoms with Crippen LogP contribution in [0.2, 0.25) is 5.02 Å². The normalized spacial score (nSPS) is 19.1. The molecular weight excluding hydrogens is 585 g/mol. The second kappa shape index (κ2) is 11.7. The molecule has 1 aliphatic heterocycles. The summed E-state index contributed by atoms with van der Waals surface area (Å²) < 4.78 is 25.0. The molecule has 1 amide bonds. The molecule has 44 heavy (non-hydrogen) atoms. The Morgan fingerprint density at radius 1 is 1.18 bits per heavy atom. The van der Waals surface area contributed by atoms with Crippen LogP contribution in [0.3, 0.4) is 0 Å². The number of halogens is 2. The molecule has 2 aliphatic rings. The summed E-state index contributed by atoms with van der Waals surface area (Å²) in [6.07, 6.45) is 3.87. The maximum Gasteiger partial charge on any atom is 0.261 e. The first kappa shape index (κ1) is 29.9. The van der Waals surface area contributed by atoms with Crippen molar-refractivity contribution in [3.63, 3.8) is 0 Å². The number of aliphatic hydroxyl groups excluding tert-OH is 2. The summed E-state index contributed by atoms with van der Waals surface area (Å²) in [7, 11) is 1.84. The lowest BCUT2D eigenvalue weighted by molar-refractivity contribution is -0.195. The van der Waals surface area contributed by atoms with Crippen molar-refractivity contribution in [1.82, 2.24) is 19.4 Å². The average molecular weight is 616 g/mol. The van der Waals surface area contributed by atoms with Crippen LogP contribution in [0, 0.1) is 22.6 Å². The van der Waals surface area contributed by atoms with Gasteiger partial charge in [0.15, 0.2) is 5.72 Å². The van der Waals surface area contributed by atoms with Crippen molar-refractivity contribution in [3.05, 3.63) is 106 Å². The number of pyridine rings is 1. The lowest BCUT2D eigenvalue weighted by Crippen LogP contribution is -2.53. The molecule has 1 fully saturated rings. The molecule has 0 bridgehead atoms. The molecule has 9 nitrogen and oxygen atoms in total. The first-order valence-electron chi connectivity index (χ1n) is 14.4. The van der Waals surface area contributed by atoms with Crippen molar-refractivity contribution in [1.29, 1.82) is 5.26 Å². The molecule has 6 rings (SSSR count). The Kier molecular flexibility index (Phi) is 7.99. The molecule has 2 aromatic carbocycles. The Morgan fingerprint density at radius 3 is 2.61 bits per heavy atom. The van der Waals surface area contributed by atoms with E-state index in [2.05, 4.69) is 9.97 Å². The number of benzene rings is 2. The number of fused-ring (bicyclic) bond motifs is 1. The molecular formula is C33H31ClFN5O4. The number of carbonyl (C=O) groups excluding carboxylic acids is 1. The fourth-order valence-electron chi connectivity index (χ4n) is 5.84. The van der Waals surface area contributed by atoms with E-state index in [9.17, 15) is 20.3 Å². The lowest BCUT2D eigenvalue weighted by atomic mass is 9.92. The minimum Gasteiger partial charge on any atom is -0.396 e. The SMILES string of the molecule is Cn1ccnc1CCC(O)N1C(=O)c2c(ccc(-c3ccc(Cl)cc3)c2F)[C@@]1(Cc1cccc(C#N)n1)OCC1(CO)CC1. The van der Waals surface area contributed by atoms with Gasteiger partial charge in [-0.2, -0.15) is 5.26 Å². The predicted molar refractivity (Wildman–Crippen MR) is 160 cm³/mol. The third-order valence-electron chi connectivity index (χ3n) is 8.64. The molecule has 0 radical (unpaired) electrons. The number of aromatic nitrogens is 3. The highest BCUT2D eigenvalue weighted by atomic mass is 35.5. The maximum absolute atomic E-state index is 16.5. The highest BCUT2D eigenvalue weighted by Gasteiger charge is 2.57. The van der Waals surface area contributed by atoms with E-state index in [4.69, 9.17) is 16.3 Å². The molecule has 2 aromatic heterocycles. The Hall–Kier alpha value is -4.14. The number of aryl methyl sites for hydroxylation is 2. The zero-order chi connectivity index (χ0) is 31.1. The summed E-state index contributed by atoms with van der Waals surface area (Å²) in [4.78, 5) is 24.3. The van der Waals surface area contributed by atoms with Crippen LogP contribution in [0.25, 0.3) is 11.1 Å². The van der Waals surface area contributed by atoms with Gasteiger partial charge in [0.25, 0.3) is 5.91 Å². The van der Waals surface area contributed by atoms with Crippen LogP contribution in [0.15, 0.2) is 67.0 Å². The van der Waals surface area contributed by atoms with Crippen LogP contribution >= 0.6 is 11.6 Å². The highest BCUT2D eigenvalue weighted by molar-refractivity contribution is 6.30. The number of hydrogen-bond acceptors (Lipinski definition) is 7. The molecule has 2 atom stereocenters. The molecule has 11 heteroatoms. The standard InChI is InChI=1S/C33H31ClFN5O4/c1-39-16-15-37-27(39)11-12-28(42)40-31(43)29-26(10-9-25(30(29)35)21-5-7-22(34)8-6-21)33(40,44-20-32(19-41)13-14-32)17-23-3-2-4-24(18-36)38-23/h2-10,15-16,28,41-42H,11-14,17,19-20H2,1H3/t28?,33-/m1/s1. The van der Waals surface area contributed by atoms with Gasteiger partial charge in [0.1, 0.15) is 29.6 Å². The Morgan fingerprint density at radius 2 is 1.95 bits per heavy atom. The van der Waals surface area contributed by atoms with Crippen LogP contribution in [0.4, 0.5) is 4.39 Å². The summed E-state index contributed by atoms with van der Waals surface area (Å²) in [5, 5.41) is 31.8. The fourth-order valence-corrected chi connectivity index (χ4v) is 5.97. The summed E-state index contributed by atoms with van der Waals surface area (Å²) in [5.74, 6) is -0.772. The van der Waals surface area contributed by atoms with E-state index in [1.54, 1.807) is 67.0 Å². The number of rotatable bonds is 11. The van der Waals surface area contributed by atoms with Gasteiger partial charge < -0.3 is 19.5 Å². The van der Waals surface area contributed by atoms with E-state index >= 15 is 4.39 Å². The summed E-state index contributed by atoms with van der Waals surface area (Å²) >= 11 is 6.06. The number of carbonyl (C=O) groups is 1. The van der Waals surface area contributed by atoms with Gasteiger partial charge >= 0.3 is 0 Å². The third-order valence-corrected chi connectivity index (χ3v) is 8.89. The smallest absolute Gasteiger partial charge is 0.261 e. The zero-order valence-electron chi connectivity index (χ0n) is 24.1. The van der Waals surface area contributed by atoms with Crippen molar-refractivity contribution in [3.8, 4) is 17.2 Å². The molecule has 1 saturated carbocycles. The van der Waals surface area contributed by atoms with Crippen molar-refractivity contribution >= 4 is 17.5 Å². The van der Waals surface area contributed by atoms with E-state index in [1.165, 1.54) is 4.90 Å². The second-order valence-electron chi connectivity index (χ2n) is 11.5. The quantitative estimate of drug-likeness (QED) is 0.250. The summed E-state index contributed by atoms with van der Waals surface area (Å²) in [6.45, 7) is -0.0467. The molecule has 0 saturated heterocycles. The van der Waals surface area contributed by atoms with Crippen molar-refractivity contribution < 1.29 is 24.1 Å². The fraction of sp³-hybridized carbons (Fsp3) is 0.333. The van der Waals surface area contributed by atoms with Gasteiger partial charge in [-0.1, -0.05) is 41.9 Å². The minimum absolute atomic E-state index is 0.0668. The largest absolute Gasteiger partial charge is 0.396 e. The van der Waals surface area contributed by atoms with Crippen LogP contribution in [-0.4, -0.2) is 55.0 Å². The van der Waals surface area contributed by atoms with Crippen molar-refractivity contribution in [2.45, 2.75) is 44.1 Å². The first-order valence-corrected chi connectivity index (χ1v) is 14.8. The van der Waals surface area contributed by atoms with Crippen LogP contribution < -0.4 is 0 Å². The van der Waals surface area contributed by atoms with Gasteiger partial charge in [-0.3, -0.25) is 9.69 Å². The molecule has 1 unspecified atom stereocenters. The van der Waals surface area contributed by atoms with E-state index in [0.29, 0.717) is 28.5 Å². The van der Waals surface area contributed by atoms with Gasteiger partial charge in [-0.25, -0.2) is 14.4 Å². The second-order valence-corrected chi connectivity index (χ2v) is 12.0. The number of imidazole rings is 1. The number of amides is 1. The Labute approximate surface area is 259 Å². The van der Waals surface area contributed by atoms with Gasteiger partial charge in [-0.05, 0) is 49.1 Å². The van der Waals surface area contributed by atoms with Gasteiger partial charge in [0.2, 0.25) is 0 Å². The van der Waals surface area contributed by atoms with Gasteiger partial charge in [-0.15, -0.1) is 0 Å². The number of aliphatic hydroxyl groups is 2. The zero-order valence-corrected chi connectivity index (χ0v) is 24.8.